The van der Waals surface area contributed by atoms with Gasteiger partial charge in [-0.25, -0.2) is 0 Å². The topological polar surface area (TPSA) is 65.4 Å². The van der Waals surface area contributed by atoms with Crippen LogP contribution >= 0.6 is 11.6 Å². The second kappa shape index (κ2) is 4.31. The first-order chi connectivity index (χ1) is 9.31. The summed E-state index contributed by atoms with van der Waals surface area (Å²) in [5.41, 5.74) is 4.44. The summed E-state index contributed by atoms with van der Waals surface area (Å²) >= 11 is 5.84. The number of nitrogens with zero attached hydrogens (tertiary/aromatic N) is 3. The molecule has 3 rings (SSSR count). The number of pyridine rings is 1. The van der Waals surface area contributed by atoms with E-state index in [1.165, 1.54) is 4.40 Å². The van der Waals surface area contributed by atoms with E-state index in [1.807, 2.05) is 0 Å². The fourth-order valence-corrected chi connectivity index (χ4v) is 2.45. The molecule has 0 aromatic carbocycles. The molecule has 5 nitrogen and oxygen atoms in total. The lowest BCUT2D eigenvalue weighted by Crippen LogP contribution is -2.39. The monoisotopic (exact) mass is 306 g/mol. The lowest BCUT2D eigenvalue weighted by molar-refractivity contribution is -0.137. The van der Waals surface area contributed by atoms with Crippen molar-refractivity contribution in [3.05, 3.63) is 28.7 Å². The van der Waals surface area contributed by atoms with Gasteiger partial charge in [0.15, 0.2) is 11.5 Å². The number of aromatic nitrogens is 3. The van der Waals surface area contributed by atoms with Crippen LogP contribution in [0.2, 0.25) is 5.02 Å². The summed E-state index contributed by atoms with van der Waals surface area (Å²) in [6.07, 6.45) is -3.14. The summed E-state index contributed by atoms with van der Waals surface area (Å²) < 4.78 is 44.9. The average Bonchev–Trinajstić information content (AvgIpc) is 2.94. The molecule has 0 saturated carbocycles. The van der Waals surface area contributed by atoms with Crippen molar-refractivity contribution in [3.63, 3.8) is 0 Å². The van der Waals surface area contributed by atoms with Crippen LogP contribution in [0.3, 0.4) is 0 Å². The van der Waals surface area contributed by atoms with Crippen LogP contribution in [-0.4, -0.2) is 27.8 Å². The van der Waals surface area contributed by atoms with E-state index in [1.54, 1.807) is 0 Å². The number of alkyl halides is 3. The lowest BCUT2D eigenvalue weighted by atomic mass is 9.99. The van der Waals surface area contributed by atoms with Gasteiger partial charge in [-0.3, -0.25) is 4.40 Å². The number of hydrogen-bond donors (Lipinski definition) is 1. The molecule has 3 heterocycles. The third-order valence-electron chi connectivity index (χ3n) is 3.28. The van der Waals surface area contributed by atoms with E-state index in [9.17, 15) is 13.2 Å². The molecule has 1 unspecified atom stereocenters. The predicted molar refractivity (Wildman–Crippen MR) is 64.3 cm³/mol. The van der Waals surface area contributed by atoms with Crippen LogP contribution < -0.4 is 5.73 Å². The zero-order valence-electron chi connectivity index (χ0n) is 10.1. The maximum Gasteiger partial charge on any atom is 0.417 e. The van der Waals surface area contributed by atoms with Crippen molar-refractivity contribution in [2.45, 2.75) is 18.1 Å². The Morgan fingerprint density at radius 3 is 2.75 bits per heavy atom. The first-order valence-corrected chi connectivity index (χ1v) is 6.18. The molecular weight excluding hydrogens is 297 g/mol. The van der Waals surface area contributed by atoms with Crippen LogP contribution in [-0.2, 0) is 16.5 Å². The van der Waals surface area contributed by atoms with E-state index >= 15 is 0 Å². The van der Waals surface area contributed by atoms with Gasteiger partial charge in [-0.1, -0.05) is 11.6 Å². The highest BCUT2D eigenvalue weighted by Crippen LogP contribution is 2.34. The van der Waals surface area contributed by atoms with Gasteiger partial charge in [0.1, 0.15) is 5.54 Å². The molecule has 108 valence electrons. The van der Waals surface area contributed by atoms with Gasteiger partial charge in [-0.15, -0.1) is 10.2 Å². The molecule has 0 radical (unpaired) electrons. The van der Waals surface area contributed by atoms with E-state index in [2.05, 4.69) is 10.2 Å². The normalized spacial score (nSPS) is 23.6. The summed E-state index contributed by atoms with van der Waals surface area (Å²) in [5.74, 6) is 0.220. The Morgan fingerprint density at radius 2 is 2.15 bits per heavy atom. The largest absolute Gasteiger partial charge is 0.417 e. The molecule has 1 aliphatic rings. The minimum absolute atomic E-state index is 0.124. The molecule has 1 aliphatic heterocycles. The number of ether oxygens (including phenoxy) is 1. The number of halogens is 4. The maximum absolute atomic E-state index is 12.8. The highest BCUT2D eigenvalue weighted by atomic mass is 35.5. The van der Waals surface area contributed by atoms with E-state index < -0.39 is 17.3 Å². The van der Waals surface area contributed by atoms with Gasteiger partial charge in [0, 0.05) is 12.8 Å². The minimum atomic E-state index is -4.51. The summed E-state index contributed by atoms with van der Waals surface area (Å²) in [5, 5.41) is 7.57. The van der Waals surface area contributed by atoms with Gasteiger partial charge in [-0.2, -0.15) is 13.2 Å². The molecule has 0 bridgehead atoms. The SMILES string of the molecule is NC1(c2nnc3c(Cl)cc(C(F)(F)F)cn23)CCOC1. The van der Waals surface area contributed by atoms with Gasteiger partial charge >= 0.3 is 6.18 Å². The molecule has 1 atom stereocenters. The van der Waals surface area contributed by atoms with Crippen LogP contribution in [0.15, 0.2) is 12.3 Å². The van der Waals surface area contributed by atoms with E-state index in [-0.39, 0.29) is 23.1 Å². The van der Waals surface area contributed by atoms with Crippen molar-refractivity contribution in [2.75, 3.05) is 13.2 Å². The zero-order valence-corrected chi connectivity index (χ0v) is 10.9. The van der Waals surface area contributed by atoms with Crippen molar-refractivity contribution >= 4 is 17.2 Å². The Balaban J connectivity index is 2.22. The first-order valence-electron chi connectivity index (χ1n) is 5.80. The second-order valence-electron chi connectivity index (χ2n) is 4.75. The lowest BCUT2D eigenvalue weighted by Gasteiger charge is -2.19. The molecule has 9 heteroatoms. The summed E-state index contributed by atoms with van der Waals surface area (Å²) in [6.45, 7) is 0.611. The summed E-state index contributed by atoms with van der Waals surface area (Å²) in [7, 11) is 0. The summed E-state index contributed by atoms with van der Waals surface area (Å²) in [4.78, 5) is 0. The van der Waals surface area contributed by atoms with Crippen molar-refractivity contribution in [3.8, 4) is 0 Å². The fourth-order valence-electron chi connectivity index (χ4n) is 2.21. The molecule has 1 fully saturated rings. The van der Waals surface area contributed by atoms with E-state index in [0.717, 1.165) is 12.3 Å². The van der Waals surface area contributed by atoms with Crippen LogP contribution in [0, 0.1) is 0 Å². The minimum Gasteiger partial charge on any atom is -0.379 e. The van der Waals surface area contributed by atoms with Gasteiger partial charge in [0.05, 0.1) is 17.2 Å². The summed E-state index contributed by atoms with van der Waals surface area (Å²) in [6, 6.07) is 0.823. The van der Waals surface area contributed by atoms with Crippen LogP contribution in [0.25, 0.3) is 5.65 Å². The van der Waals surface area contributed by atoms with Gasteiger partial charge in [0.2, 0.25) is 0 Å². The molecule has 2 aromatic rings. The van der Waals surface area contributed by atoms with E-state index in [4.69, 9.17) is 22.1 Å². The molecule has 0 aliphatic carbocycles. The quantitative estimate of drug-likeness (QED) is 0.875. The molecule has 2 N–H and O–H groups in total. The van der Waals surface area contributed by atoms with Gasteiger partial charge in [0.25, 0.3) is 0 Å². The van der Waals surface area contributed by atoms with Crippen molar-refractivity contribution in [1.29, 1.82) is 0 Å². The Bertz CT molecular complexity index is 663. The Labute approximate surface area is 116 Å². The van der Waals surface area contributed by atoms with Crippen molar-refractivity contribution in [1.82, 2.24) is 14.6 Å². The fraction of sp³-hybridized carbons (Fsp3) is 0.455. The number of rotatable bonds is 1. The van der Waals surface area contributed by atoms with Gasteiger partial charge in [-0.05, 0) is 12.5 Å². The molecule has 2 aromatic heterocycles. The molecule has 20 heavy (non-hydrogen) atoms. The first kappa shape index (κ1) is 13.6. The molecule has 0 amide bonds. The average molecular weight is 307 g/mol. The third kappa shape index (κ3) is 2.04. The standard InChI is InChI=1S/C11H10ClF3N4O/c12-7-3-6(11(13,14)15)4-19-8(7)17-18-9(19)10(16)1-2-20-5-10/h3-4H,1-2,5,16H2. The Morgan fingerprint density at radius 1 is 1.40 bits per heavy atom. The highest BCUT2D eigenvalue weighted by Gasteiger charge is 2.38. The van der Waals surface area contributed by atoms with Crippen molar-refractivity contribution < 1.29 is 17.9 Å². The van der Waals surface area contributed by atoms with E-state index in [0.29, 0.717) is 13.0 Å². The zero-order chi connectivity index (χ0) is 14.5. The Kier molecular flexibility index (Phi) is 2.93. The smallest absolute Gasteiger partial charge is 0.379 e. The second-order valence-corrected chi connectivity index (χ2v) is 5.16. The van der Waals surface area contributed by atoms with Crippen molar-refractivity contribution in [2.24, 2.45) is 5.73 Å². The molecule has 0 spiro atoms. The highest BCUT2D eigenvalue weighted by molar-refractivity contribution is 6.33. The Hall–Kier alpha value is -1.38. The third-order valence-corrected chi connectivity index (χ3v) is 3.56. The van der Waals surface area contributed by atoms with Crippen LogP contribution in [0.4, 0.5) is 13.2 Å². The number of nitrogens with two attached hydrogens (primary N) is 1. The molecular formula is C11H10ClF3N4O. The predicted octanol–water partition coefficient (Wildman–Crippen LogP) is 1.98. The van der Waals surface area contributed by atoms with Crippen LogP contribution in [0.5, 0.6) is 0 Å². The maximum atomic E-state index is 12.8. The van der Waals surface area contributed by atoms with Crippen LogP contribution in [0.1, 0.15) is 17.8 Å². The number of hydrogen-bond acceptors (Lipinski definition) is 4. The number of fused-ring (bicyclic) bond motifs is 1. The molecule has 1 saturated heterocycles. The van der Waals surface area contributed by atoms with Gasteiger partial charge < -0.3 is 10.5 Å².